The number of carbonyl (C=O) groups excluding carboxylic acids is 1. The van der Waals surface area contributed by atoms with Crippen LogP contribution in [0.3, 0.4) is 0 Å². The van der Waals surface area contributed by atoms with E-state index in [-0.39, 0.29) is 5.91 Å². The van der Waals surface area contributed by atoms with Crippen LogP contribution in [0.4, 0.5) is 0 Å². The van der Waals surface area contributed by atoms with Gasteiger partial charge in [-0.15, -0.1) is 0 Å². The SMILES string of the molecule is CNC(=O)c1ccc(Oc2ccnc3cc(OC)c4c(c23)CCO4)cc1. The molecule has 26 heavy (non-hydrogen) atoms. The van der Waals surface area contributed by atoms with Gasteiger partial charge in [0, 0.05) is 36.9 Å². The first-order chi connectivity index (χ1) is 12.7. The molecule has 1 aromatic heterocycles. The predicted octanol–water partition coefficient (Wildman–Crippen LogP) is 3.33. The van der Waals surface area contributed by atoms with Gasteiger partial charge in [0.1, 0.15) is 11.5 Å². The number of carbonyl (C=O) groups is 1. The van der Waals surface area contributed by atoms with Crippen LogP contribution in [0.5, 0.6) is 23.0 Å². The van der Waals surface area contributed by atoms with Crippen molar-refractivity contribution >= 4 is 16.8 Å². The molecule has 3 aromatic rings. The van der Waals surface area contributed by atoms with E-state index in [1.165, 1.54) is 0 Å². The van der Waals surface area contributed by atoms with Crippen LogP contribution in [0.15, 0.2) is 42.6 Å². The van der Waals surface area contributed by atoms with Crippen LogP contribution >= 0.6 is 0 Å². The molecule has 0 aliphatic carbocycles. The van der Waals surface area contributed by atoms with E-state index in [0.29, 0.717) is 29.4 Å². The molecule has 1 N–H and O–H groups in total. The molecule has 6 nitrogen and oxygen atoms in total. The first kappa shape index (κ1) is 16.2. The summed E-state index contributed by atoms with van der Waals surface area (Å²) in [5, 5.41) is 3.53. The molecule has 1 aliphatic heterocycles. The van der Waals surface area contributed by atoms with Gasteiger partial charge in [-0.25, -0.2) is 0 Å². The molecule has 0 radical (unpaired) electrons. The Hall–Kier alpha value is -3.28. The Bertz CT molecular complexity index is 983. The lowest BCUT2D eigenvalue weighted by molar-refractivity contribution is 0.0963. The van der Waals surface area contributed by atoms with E-state index in [4.69, 9.17) is 14.2 Å². The zero-order valence-electron chi connectivity index (χ0n) is 14.5. The minimum atomic E-state index is -0.132. The van der Waals surface area contributed by atoms with Crippen LogP contribution in [0.2, 0.25) is 0 Å². The monoisotopic (exact) mass is 350 g/mol. The number of hydrogen-bond donors (Lipinski definition) is 1. The van der Waals surface area contributed by atoms with Gasteiger partial charge in [0.05, 0.1) is 24.6 Å². The van der Waals surface area contributed by atoms with Crippen LogP contribution in [0.1, 0.15) is 15.9 Å². The summed E-state index contributed by atoms with van der Waals surface area (Å²) in [6.07, 6.45) is 2.49. The number of fused-ring (bicyclic) bond motifs is 3. The van der Waals surface area contributed by atoms with Crippen molar-refractivity contribution in [3.05, 3.63) is 53.7 Å². The maximum Gasteiger partial charge on any atom is 0.251 e. The number of nitrogens with one attached hydrogen (secondary N) is 1. The van der Waals surface area contributed by atoms with Crippen molar-refractivity contribution in [1.82, 2.24) is 10.3 Å². The molecular formula is C20H18N2O4. The van der Waals surface area contributed by atoms with Crippen LogP contribution < -0.4 is 19.5 Å². The number of benzene rings is 2. The average Bonchev–Trinajstić information content (AvgIpc) is 3.17. The Balaban J connectivity index is 1.75. The molecule has 1 amide bonds. The molecule has 0 spiro atoms. The minimum absolute atomic E-state index is 0.132. The van der Waals surface area contributed by atoms with Gasteiger partial charge in [0.25, 0.3) is 5.91 Å². The quantitative estimate of drug-likeness (QED) is 0.782. The zero-order chi connectivity index (χ0) is 18.1. The molecule has 0 fully saturated rings. The number of aromatic nitrogens is 1. The summed E-state index contributed by atoms with van der Waals surface area (Å²) in [7, 11) is 3.23. The minimum Gasteiger partial charge on any atom is -0.493 e. The van der Waals surface area contributed by atoms with Crippen LogP contribution in [0, 0.1) is 0 Å². The molecule has 6 heteroatoms. The van der Waals surface area contributed by atoms with Crippen LogP contribution in [0.25, 0.3) is 10.9 Å². The highest BCUT2D eigenvalue weighted by atomic mass is 16.5. The lowest BCUT2D eigenvalue weighted by atomic mass is 10.0. The van der Waals surface area contributed by atoms with Crippen LogP contribution in [-0.2, 0) is 6.42 Å². The van der Waals surface area contributed by atoms with E-state index in [0.717, 1.165) is 28.6 Å². The third-order valence-corrected chi connectivity index (χ3v) is 4.40. The number of rotatable bonds is 4. The Kier molecular flexibility index (Phi) is 4.08. The highest BCUT2D eigenvalue weighted by Gasteiger charge is 2.23. The van der Waals surface area contributed by atoms with Crippen molar-refractivity contribution in [3.63, 3.8) is 0 Å². The second-order valence-corrected chi connectivity index (χ2v) is 5.89. The van der Waals surface area contributed by atoms with Crippen molar-refractivity contribution < 1.29 is 19.0 Å². The molecule has 0 unspecified atom stereocenters. The first-order valence-corrected chi connectivity index (χ1v) is 8.32. The van der Waals surface area contributed by atoms with E-state index < -0.39 is 0 Å². The summed E-state index contributed by atoms with van der Waals surface area (Å²) >= 11 is 0. The summed E-state index contributed by atoms with van der Waals surface area (Å²) in [4.78, 5) is 16.1. The summed E-state index contributed by atoms with van der Waals surface area (Å²) in [5.74, 6) is 2.66. The van der Waals surface area contributed by atoms with E-state index >= 15 is 0 Å². The van der Waals surface area contributed by atoms with Gasteiger partial charge in [-0.3, -0.25) is 9.78 Å². The van der Waals surface area contributed by atoms with Crippen molar-refractivity contribution in [3.8, 4) is 23.0 Å². The number of pyridine rings is 1. The second-order valence-electron chi connectivity index (χ2n) is 5.89. The number of nitrogens with zero attached hydrogens (tertiary/aromatic N) is 1. The fourth-order valence-electron chi connectivity index (χ4n) is 3.16. The Morgan fingerprint density at radius 2 is 2.00 bits per heavy atom. The van der Waals surface area contributed by atoms with Crippen molar-refractivity contribution in [1.29, 1.82) is 0 Å². The standard InChI is InChI=1S/C20H18N2O4/c1-21-20(23)12-3-5-13(6-4-12)26-16-7-9-22-15-11-17(24-2)19-14(18(15)16)8-10-25-19/h3-7,9,11H,8,10H2,1-2H3,(H,21,23). The first-order valence-electron chi connectivity index (χ1n) is 8.32. The molecule has 132 valence electrons. The van der Waals surface area contributed by atoms with Crippen molar-refractivity contribution in [2.75, 3.05) is 20.8 Å². The summed E-state index contributed by atoms with van der Waals surface area (Å²) in [5.41, 5.74) is 2.42. The van der Waals surface area contributed by atoms with E-state index in [9.17, 15) is 4.79 Å². The number of ether oxygens (including phenoxy) is 3. The predicted molar refractivity (Wildman–Crippen MR) is 97.4 cm³/mol. The summed E-state index contributed by atoms with van der Waals surface area (Å²) in [6, 6.07) is 10.7. The zero-order valence-corrected chi connectivity index (χ0v) is 14.5. The number of methoxy groups -OCH3 is 1. The summed E-state index contributed by atoms with van der Waals surface area (Å²) in [6.45, 7) is 0.611. The van der Waals surface area contributed by atoms with Gasteiger partial charge in [0.15, 0.2) is 11.5 Å². The summed E-state index contributed by atoms with van der Waals surface area (Å²) < 4.78 is 17.3. The fourth-order valence-corrected chi connectivity index (χ4v) is 3.16. The van der Waals surface area contributed by atoms with Crippen molar-refractivity contribution in [2.45, 2.75) is 6.42 Å². The normalized spacial score (nSPS) is 12.4. The Labute approximate surface area is 150 Å². The molecular weight excluding hydrogens is 332 g/mol. The smallest absolute Gasteiger partial charge is 0.251 e. The maximum atomic E-state index is 11.7. The lowest BCUT2D eigenvalue weighted by Crippen LogP contribution is -2.17. The van der Waals surface area contributed by atoms with Gasteiger partial charge in [-0.2, -0.15) is 0 Å². The molecule has 2 aromatic carbocycles. The molecule has 1 aliphatic rings. The largest absolute Gasteiger partial charge is 0.493 e. The van der Waals surface area contributed by atoms with Gasteiger partial charge >= 0.3 is 0 Å². The molecule has 0 saturated heterocycles. The maximum absolute atomic E-state index is 11.7. The second kappa shape index (κ2) is 6.55. The topological polar surface area (TPSA) is 69.7 Å². The molecule has 0 bridgehead atoms. The van der Waals surface area contributed by atoms with Gasteiger partial charge in [-0.1, -0.05) is 0 Å². The van der Waals surface area contributed by atoms with Crippen LogP contribution in [-0.4, -0.2) is 31.7 Å². The molecule has 0 atom stereocenters. The van der Waals surface area contributed by atoms with E-state index in [1.54, 1.807) is 44.6 Å². The van der Waals surface area contributed by atoms with Gasteiger partial charge in [0.2, 0.25) is 0 Å². The third-order valence-electron chi connectivity index (χ3n) is 4.40. The van der Waals surface area contributed by atoms with Gasteiger partial charge < -0.3 is 19.5 Å². The van der Waals surface area contributed by atoms with E-state index in [1.807, 2.05) is 12.1 Å². The Morgan fingerprint density at radius 1 is 1.19 bits per heavy atom. The number of hydrogen-bond acceptors (Lipinski definition) is 5. The lowest BCUT2D eigenvalue weighted by Gasteiger charge is -2.13. The Morgan fingerprint density at radius 3 is 2.73 bits per heavy atom. The molecule has 4 rings (SSSR count). The highest BCUT2D eigenvalue weighted by Crippen LogP contribution is 2.44. The fraction of sp³-hybridized carbons (Fsp3) is 0.200. The average molecular weight is 350 g/mol. The number of amides is 1. The molecule has 0 saturated carbocycles. The third kappa shape index (κ3) is 2.69. The van der Waals surface area contributed by atoms with Crippen molar-refractivity contribution in [2.24, 2.45) is 0 Å². The highest BCUT2D eigenvalue weighted by molar-refractivity contribution is 5.94. The van der Waals surface area contributed by atoms with Gasteiger partial charge in [-0.05, 0) is 30.3 Å². The van der Waals surface area contributed by atoms with E-state index in [2.05, 4.69) is 10.3 Å². The molecule has 2 heterocycles.